The van der Waals surface area contributed by atoms with Crippen LogP contribution in [0.1, 0.15) is 39.3 Å². The first-order valence-electron chi connectivity index (χ1n) is 9.98. The Morgan fingerprint density at radius 2 is 2.07 bits per heavy atom. The highest BCUT2D eigenvalue weighted by Gasteiger charge is 2.34. The summed E-state index contributed by atoms with van der Waals surface area (Å²) in [6.45, 7) is 9.91. The molecule has 3 heterocycles. The Balaban J connectivity index is 1.35. The van der Waals surface area contributed by atoms with Crippen LogP contribution in [-0.4, -0.2) is 73.4 Å². The number of rotatable bonds is 5. The van der Waals surface area contributed by atoms with Crippen LogP contribution in [0.2, 0.25) is 0 Å². The van der Waals surface area contributed by atoms with Gasteiger partial charge in [0.25, 0.3) is 0 Å². The molecule has 9 heteroatoms. The molecule has 1 amide bonds. The summed E-state index contributed by atoms with van der Waals surface area (Å²) in [5.41, 5.74) is 0.659. The summed E-state index contributed by atoms with van der Waals surface area (Å²) in [7, 11) is 1.76. The fourth-order valence-corrected chi connectivity index (χ4v) is 4.12. The number of aromatic nitrogens is 1. The van der Waals surface area contributed by atoms with Crippen LogP contribution in [0.5, 0.6) is 0 Å². The van der Waals surface area contributed by atoms with Gasteiger partial charge in [0.2, 0.25) is 0 Å². The first kappa shape index (κ1) is 20.7. The Labute approximate surface area is 171 Å². The van der Waals surface area contributed by atoms with Crippen molar-refractivity contribution in [2.24, 2.45) is 4.99 Å². The standard InChI is InChI=1S/C19H32N6O2S/c1-19(2,3)27-18(26)25-11-15(12-25)22-16(20-4)21-8-7-14-13-28-17(23-14)24-9-5-6-10-24/h13,15H,5-12H2,1-4H3,(H2,20,21,22). The predicted octanol–water partition coefficient (Wildman–Crippen LogP) is 2.07. The third-order valence-electron chi connectivity index (χ3n) is 4.69. The van der Waals surface area contributed by atoms with Crippen LogP contribution >= 0.6 is 11.3 Å². The zero-order valence-electron chi connectivity index (χ0n) is 17.3. The highest BCUT2D eigenvalue weighted by atomic mass is 32.1. The molecule has 0 aliphatic carbocycles. The van der Waals surface area contributed by atoms with Gasteiger partial charge in [-0.3, -0.25) is 4.99 Å². The third-order valence-corrected chi connectivity index (χ3v) is 5.64. The second-order valence-electron chi connectivity index (χ2n) is 8.29. The van der Waals surface area contributed by atoms with Crippen LogP contribution in [0.4, 0.5) is 9.93 Å². The van der Waals surface area contributed by atoms with Crippen molar-refractivity contribution in [3.05, 3.63) is 11.1 Å². The van der Waals surface area contributed by atoms with Crippen LogP contribution < -0.4 is 15.5 Å². The molecule has 156 valence electrons. The minimum Gasteiger partial charge on any atom is -0.444 e. The smallest absolute Gasteiger partial charge is 0.410 e. The van der Waals surface area contributed by atoms with Crippen LogP contribution in [0.25, 0.3) is 0 Å². The van der Waals surface area contributed by atoms with Gasteiger partial charge in [-0.05, 0) is 33.6 Å². The molecule has 2 aliphatic heterocycles. The molecule has 0 aromatic carbocycles. The van der Waals surface area contributed by atoms with E-state index < -0.39 is 5.60 Å². The fraction of sp³-hybridized carbons (Fsp3) is 0.737. The van der Waals surface area contributed by atoms with Crippen LogP contribution in [0.15, 0.2) is 10.4 Å². The van der Waals surface area contributed by atoms with Crippen LogP contribution in [-0.2, 0) is 11.2 Å². The summed E-state index contributed by atoms with van der Waals surface area (Å²) >= 11 is 1.73. The van der Waals surface area contributed by atoms with Gasteiger partial charge < -0.3 is 25.2 Å². The van der Waals surface area contributed by atoms with Crippen LogP contribution in [0.3, 0.4) is 0 Å². The second-order valence-corrected chi connectivity index (χ2v) is 9.13. The monoisotopic (exact) mass is 408 g/mol. The van der Waals surface area contributed by atoms with Gasteiger partial charge in [0.05, 0.1) is 11.7 Å². The molecule has 3 rings (SSSR count). The Hall–Kier alpha value is -2.03. The molecule has 0 unspecified atom stereocenters. The molecule has 28 heavy (non-hydrogen) atoms. The lowest BCUT2D eigenvalue weighted by atomic mass is 10.1. The number of ether oxygens (including phenoxy) is 1. The number of amides is 1. The van der Waals surface area contributed by atoms with E-state index in [0.29, 0.717) is 13.1 Å². The van der Waals surface area contributed by atoms with Gasteiger partial charge >= 0.3 is 6.09 Å². The lowest BCUT2D eigenvalue weighted by molar-refractivity contribution is 0.00701. The van der Waals surface area contributed by atoms with Crippen molar-refractivity contribution in [2.75, 3.05) is 44.7 Å². The number of thiazole rings is 1. The Morgan fingerprint density at radius 1 is 1.36 bits per heavy atom. The van der Waals surface area contributed by atoms with Crippen molar-refractivity contribution in [3.8, 4) is 0 Å². The van der Waals surface area contributed by atoms with E-state index in [-0.39, 0.29) is 12.1 Å². The van der Waals surface area contributed by atoms with Gasteiger partial charge in [-0.1, -0.05) is 0 Å². The molecule has 0 radical (unpaired) electrons. The SMILES string of the molecule is CN=C(NCCc1csc(N2CCCC2)n1)NC1CN(C(=O)OC(C)(C)C)C1. The van der Waals surface area contributed by atoms with Gasteiger partial charge in [0.1, 0.15) is 5.60 Å². The number of nitrogens with one attached hydrogen (secondary N) is 2. The molecule has 2 N–H and O–H groups in total. The van der Waals surface area contributed by atoms with E-state index in [1.54, 1.807) is 23.3 Å². The first-order chi connectivity index (χ1) is 13.3. The molecule has 1 aromatic heterocycles. The van der Waals surface area contributed by atoms with E-state index in [0.717, 1.165) is 42.8 Å². The largest absolute Gasteiger partial charge is 0.444 e. The van der Waals surface area contributed by atoms with E-state index in [1.807, 2.05) is 20.8 Å². The Bertz CT molecular complexity index is 687. The zero-order valence-corrected chi connectivity index (χ0v) is 18.1. The van der Waals surface area contributed by atoms with E-state index in [9.17, 15) is 4.79 Å². The number of nitrogens with zero attached hydrogens (tertiary/aromatic N) is 4. The van der Waals surface area contributed by atoms with Crippen molar-refractivity contribution >= 4 is 28.5 Å². The van der Waals surface area contributed by atoms with E-state index in [1.165, 1.54) is 12.8 Å². The summed E-state index contributed by atoms with van der Waals surface area (Å²) in [4.78, 5) is 25.1. The maximum absolute atomic E-state index is 12.0. The minimum atomic E-state index is -0.461. The lowest BCUT2D eigenvalue weighted by Crippen LogP contribution is -2.63. The van der Waals surface area contributed by atoms with Crippen molar-refractivity contribution < 1.29 is 9.53 Å². The normalized spacial score (nSPS) is 18.2. The Kier molecular flexibility index (Phi) is 6.64. The topological polar surface area (TPSA) is 82.1 Å². The van der Waals surface area contributed by atoms with Crippen molar-refractivity contribution in [1.29, 1.82) is 0 Å². The number of likely N-dealkylation sites (tertiary alicyclic amines) is 1. The zero-order chi connectivity index (χ0) is 20.1. The highest BCUT2D eigenvalue weighted by Crippen LogP contribution is 2.24. The van der Waals surface area contributed by atoms with Crippen LogP contribution in [0, 0.1) is 0 Å². The van der Waals surface area contributed by atoms with E-state index in [2.05, 4.69) is 25.9 Å². The molecule has 2 fully saturated rings. The number of hydrogen-bond donors (Lipinski definition) is 2. The first-order valence-corrected chi connectivity index (χ1v) is 10.9. The number of hydrogen-bond acceptors (Lipinski definition) is 6. The Morgan fingerprint density at radius 3 is 2.71 bits per heavy atom. The van der Waals surface area contributed by atoms with Crippen molar-refractivity contribution in [3.63, 3.8) is 0 Å². The number of guanidine groups is 1. The molecule has 8 nitrogen and oxygen atoms in total. The van der Waals surface area contributed by atoms with Gasteiger partial charge in [0.15, 0.2) is 11.1 Å². The second kappa shape index (κ2) is 8.98. The molecule has 2 saturated heterocycles. The quantitative estimate of drug-likeness (QED) is 0.573. The predicted molar refractivity (Wildman–Crippen MR) is 113 cm³/mol. The summed E-state index contributed by atoms with van der Waals surface area (Å²) < 4.78 is 5.38. The molecule has 0 bridgehead atoms. The van der Waals surface area contributed by atoms with Gasteiger partial charge in [-0.25, -0.2) is 9.78 Å². The van der Waals surface area contributed by atoms with Crippen molar-refractivity contribution in [2.45, 2.75) is 51.7 Å². The average Bonchev–Trinajstić information content (AvgIpc) is 3.25. The number of aliphatic imine (C=N–C) groups is 1. The maximum atomic E-state index is 12.0. The third kappa shape index (κ3) is 5.73. The van der Waals surface area contributed by atoms with Gasteiger partial charge in [-0.2, -0.15) is 0 Å². The maximum Gasteiger partial charge on any atom is 0.410 e. The van der Waals surface area contributed by atoms with E-state index in [4.69, 9.17) is 9.72 Å². The van der Waals surface area contributed by atoms with Gasteiger partial charge in [-0.15, -0.1) is 11.3 Å². The molecule has 2 aliphatic rings. The molecule has 1 aromatic rings. The lowest BCUT2D eigenvalue weighted by Gasteiger charge is -2.40. The average molecular weight is 409 g/mol. The summed E-state index contributed by atoms with van der Waals surface area (Å²) in [5, 5.41) is 9.98. The summed E-state index contributed by atoms with van der Waals surface area (Å²) in [5.74, 6) is 0.754. The highest BCUT2D eigenvalue weighted by molar-refractivity contribution is 7.13. The van der Waals surface area contributed by atoms with E-state index >= 15 is 0 Å². The molecular weight excluding hydrogens is 376 g/mol. The number of anilines is 1. The molecule has 0 atom stereocenters. The number of carbonyl (C=O) groups is 1. The summed E-state index contributed by atoms with van der Waals surface area (Å²) in [6.07, 6.45) is 3.14. The minimum absolute atomic E-state index is 0.194. The van der Waals surface area contributed by atoms with Crippen molar-refractivity contribution in [1.82, 2.24) is 20.5 Å². The number of carbonyl (C=O) groups excluding carboxylic acids is 1. The molecular formula is C19H32N6O2S. The molecule has 0 saturated carbocycles. The molecule has 0 spiro atoms. The summed E-state index contributed by atoms with van der Waals surface area (Å²) in [6, 6.07) is 0.194. The fourth-order valence-electron chi connectivity index (χ4n) is 3.21. The van der Waals surface area contributed by atoms with Gasteiger partial charge in [0, 0.05) is 51.6 Å².